The quantitative estimate of drug-likeness (QED) is 0.542. The fraction of sp³-hybridized carbons (Fsp3) is 0.533. The van der Waals surface area contributed by atoms with Crippen LogP contribution in [0.5, 0.6) is 5.75 Å². The van der Waals surface area contributed by atoms with E-state index in [0.717, 1.165) is 0 Å². The molecule has 6 heteroatoms. The van der Waals surface area contributed by atoms with Crippen molar-refractivity contribution in [3.63, 3.8) is 0 Å². The van der Waals surface area contributed by atoms with Crippen LogP contribution in [0.3, 0.4) is 0 Å². The van der Waals surface area contributed by atoms with Gasteiger partial charge in [-0.1, -0.05) is 19.9 Å². The number of para-hydroxylation sites is 1. The summed E-state index contributed by atoms with van der Waals surface area (Å²) in [5.41, 5.74) is 0.479. The zero-order valence-electron chi connectivity index (χ0n) is 12.7. The Morgan fingerprint density at radius 1 is 1.48 bits per heavy atom. The Balaban J connectivity index is 3.25. The first-order chi connectivity index (χ1) is 10.0. The lowest BCUT2D eigenvalue weighted by Gasteiger charge is -2.26. The van der Waals surface area contributed by atoms with Gasteiger partial charge in [-0.25, -0.2) is 0 Å². The summed E-state index contributed by atoms with van der Waals surface area (Å²) in [6.45, 7) is 7.35. The van der Waals surface area contributed by atoms with E-state index in [1.807, 2.05) is 18.7 Å². The number of anilines is 1. The molecule has 0 fully saturated rings. The Kier molecular flexibility index (Phi) is 6.47. The molecule has 114 valence electrons. The molecule has 0 heterocycles. The maximum absolute atomic E-state index is 11.4. The van der Waals surface area contributed by atoms with Crippen molar-refractivity contribution < 1.29 is 9.66 Å². The highest BCUT2D eigenvalue weighted by Crippen LogP contribution is 2.37. The maximum atomic E-state index is 11.4. The van der Waals surface area contributed by atoms with E-state index in [1.165, 1.54) is 0 Å². The number of nitro groups is 1. The van der Waals surface area contributed by atoms with Crippen LogP contribution in [-0.4, -0.2) is 24.6 Å². The average Bonchev–Trinajstić information content (AvgIpc) is 2.43. The monoisotopic (exact) mass is 291 g/mol. The molecule has 0 amide bonds. The minimum Gasteiger partial charge on any atom is -0.487 e. The molecule has 0 radical (unpaired) electrons. The van der Waals surface area contributed by atoms with Crippen molar-refractivity contribution in [1.82, 2.24) is 0 Å². The highest BCUT2D eigenvalue weighted by atomic mass is 16.6. The van der Waals surface area contributed by atoms with E-state index in [1.54, 1.807) is 25.1 Å². The van der Waals surface area contributed by atoms with E-state index in [0.29, 0.717) is 37.7 Å². The van der Waals surface area contributed by atoms with Gasteiger partial charge in [-0.15, -0.1) is 0 Å². The molecule has 1 aromatic rings. The number of hydrogen-bond donors (Lipinski definition) is 0. The van der Waals surface area contributed by atoms with Crippen molar-refractivity contribution in [2.75, 3.05) is 24.6 Å². The van der Waals surface area contributed by atoms with Crippen molar-refractivity contribution in [1.29, 1.82) is 5.26 Å². The van der Waals surface area contributed by atoms with Crippen LogP contribution < -0.4 is 9.64 Å². The van der Waals surface area contributed by atoms with Gasteiger partial charge in [0.05, 0.1) is 24.0 Å². The normalized spacial score (nSPS) is 10.2. The van der Waals surface area contributed by atoms with Crippen molar-refractivity contribution >= 4 is 11.4 Å². The molecular formula is C15H21N3O3. The fourth-order valence-corrected chi connectivity index (χ4v) is 2.16. The Hall–Kier alpha value is -2.29. The third kappa shape index (κ3) is 4.63. The second kappa shape index (κ2) is 8.10. The van der Waals surface area contributed by atoms with Crippen LogP contribution in [0.25, 0.3) is 0 Å². The molecule has 0 spiro atoms. The van der Waals surface area contributed by atoms with Gasteiger partial charge in [-0.3, -0.25) is 10.1 Å². The lowest BCUT2D eigenvalue weighted by Crippen LogP contribution is -2.29. The molecule has 0 N–H and O–H groups in total. The van der Waals surface area contributed by atoms with Crippen LogP contribution >= 0.6 is 0 Å². The summed E-state index contributed by atoms with van der Waals surface area (Å²) in [6, 6.07) is 7.14. The SMILES string of the molecule is CCOc1cccc(N(CCC#N)CC(C)C)c1[N+](=O)[O-]. The lowest BCUT2D eigenvalue weighted by atomic mass is 10.1. The second-order valence-corrected chi connectivity index (χ2v) is 5.06. The van der Waals surface area contributed by atoms with Crippen LogP contribution in [0.1, 0.15) is 27.2 Å². The van der Waals surface area contributed by atoms with Gasteiger partial charge in [0.2, 0.25) is 0 Å². The summed E-state index contributed by atoms with van der Waals surface area (Å²) in [5.74, 6) is 0.602. The summed E-state index contributed by atoms with van der Waals surface area (Å²) < 4.78 is 5.37. The number of nitro benzene ring substituents is 1. The molecule has 0 atom stereocenters. The summed E-state index contributed by atoms with van der Waals surface area (Å²) in [7, 11) is 0. The maximum Gasteiger partial charge on any atom is 0.333 e. The van der Waals surface area contributed by atoms with E-state index < -0.39 is 4.92 Å². The summed E-state index contributed by atoms with van der Waals surface area (Å²) in [6.07, 6.45) is 0.322. The Morgan fingerprint density at radius 2 is 2.19 bits per heavy atom. The van der Waals surface area contributed by atoms with Gasteiger partial charge in [0.15, 0.2) is 5.75 Å². The van der Waals surface area contributed by atoms with Crippen LogP contribution in [-0.2, 0) is 0 Å². The number of nitriles is 1. The first kappa shape index (κ1) is 16.8. The molecule has 0 saturated heterocycles. The van der Waals surface area contributed by atoms with Crippen LogP contribution in [0.4, 0.5) is 11.4 Å². The standard InChI is InChI=1S/C15H21N3O3/c1-4-21-14-8-5-7-13(15(14)18(19)20)17(10-6-9-16)11-12(2)3/h5,7-8,12H,4,6,10-11H2,1-3H3. The third-order valence-electron chi connectivity index (χ3n) is 2.88. The lowest BCUT2D eigenvalue weighted by molar-refractivity contribution is -0.385. The van der Waals surface area contributed by atoms with E-state index in [9.17, 15) is 10.1 Å². The zero-order valence-corrected chi connectivity index (χ0v) is 12.7. The smallest absolute Gasteiger partial charge is 0.333 e. The Bertz CT molecular complexity index is 523. The van der Waals surface area contributed by atoms with E-state index in [4.69, 9.17) is 10.00 Å². The molecule has 0 aromatic heterocycles. The van der Waals surface area contributed by atoms with E-state index in [2.05, 4.69) is 6.07 Å². The molecule has 0 saturated carbocycles. The first-order valence-corrected chi connectivity index (χ1v) is 7.03. The van der Waals surface area contributed by atoms with Gasteiger partial charge < -0.3 is 9.64 Å². The van der Waals surface area contributed by atoms with Crippen LogP contribution in [0, 0.1) is 27.4 Å². The molecule has 0 unspecified atom stereocenters. The Morgan fingerprint density at radius 3 is 2.71 bits per heavy atom. The molecule has 6 nitrogen and oxygen atoms in total. The Labute approximate surface area is 125 Å². The van der Waals surface area contributed by atoms with Crippen molar-refractivity contribution in [3.05, 3.63) is 28.3 Å². The minimum absolute atomic E-state index is 0.0297. The van der Waals surface area contributed by atoms with Gasteiger partial charge in [0.25, 0.3) is 0 Å². The molecule has 1 aromatic carbocycles. The molecular weight excluding hydrogens is 270 g/mol. The second-order valence-electron chi connectivity index (χ2n) is 5.06. The van der Waals surface area contributed by atoms with Crippen LogP contribution in [0.15, 0.2) is 18.2 Å². The highest BCUT2D eigenvalue weighted by Gasteiger charge is 2.25. The predicted octanol–water partition coefficient (Wildman–Crippen LogP) is 3.37. The van der Waals surface area contributed by atoms with Crippen molar-refractivity contribution in [3.8, 4) is 11.8 Å². The predicted molar refractivity (Wildman–Crippen MR) is 81.5 cm³/mol. The summed E-state index contributed by atoms with van der Waals surface area (Å²) in [5, 5.41) is 20.2. The zero-order chi connectivity index (χ0) is 15.8. The van der Waals surface area contributed by atoms with Crippen LogP contribution in [0.2, 0.25) is 0 Å². The average molecular weight is 291 g/mol. The number of rotatable bonds is 8. The van der Waals surface area contributed by atoms with Gasteiger partial charge in [-0.05, 0) is 25.0 Å². The number of nitrogens with zero attached hydrogens (tertiary/aromatic N) is 3. The highest BCUT2D eigenvalue weighted by molar-refractivity contribution is 5.69. The molecule has 0 aliphatic rings. The number of hydrogen-bond acceptors (Lipinski definition) is 5. The van der Waals surface area contributed by atoms with Crippen molar-refractivity contribution in [2.24, 2.45) is 5.92 Å². The fourth-order valence-electron chi connectivity index (χ4n) is 2.16. The number of ether oxygens (including phenoxy) is 1. The summed E-state index contributed by atoms with van der Waals surface area (Å²) in [4.78, 5) is 12.9. The molecule has 21 heavy (non-hydrogen) atoms. The molecule has 1 rings (SSSR count). The minimum atomic E-state index is -0.417. The molecule has 0 aliphatic carbocycles. The largest absolute Gasteiger partial charge is 0.487 e. The van der Waals surface area contributed by atoms with E-state index in [-0.39, 0.29) is 11.4 Å². The third-order valence-corrected chi connectivity index (χ3v) is 2.88. The topological polar surface area (TPSA) is 79.4 Å². The van der Waals surface area contributed by atoms with E-state index >= 15 is 0 Å². The van der Waals surface area contributed by atoms with Gasteiger partial charge in [-0.2, -0.15) is 5.26 Å². The van der Waals surface area contributed by atoms with Crippen molar-refractivity contribution in [2.45, 2.75) is 27.2 Å². The number of benzene rings is 1. The van der Waals surface area contributed by atoms with Gasteiger partial charge >= 0.3 is 5.69 Å². The molecule has 0 bridgehead atoms. The van der Waals surface area contributed by atoms with Gasteiger partial charge in [0.1, 0.15) is 5.69 Å². The molecule has 0 aliphatic heterocycles. The van der Waals surface area contributed by atoms with Gasteiger partial charge in [0, 0.05) is 13.1 Å². The first-order valence-electron chi connectivity index (χ1n) is 7.03. The summed E-state index contributed by atoms with van der Waals surface area (Å²) >= 11 is 0.